The van der Waals surface area contributed by atoms with Crippen molar-refractivity contribution in [3.05, 3.63) is 82.9 Å². The van der Waals surface area contributed by atoms with E-state index < -0.39 is 0 Å². The molecule has 0 aromatic heterocycles. The number of hydrogen-bond acceptors (Lipinski definition) is 5. The summed E-state index contributed by atoms with van der Waals surface area (Å²) in [4.78, 5) is 4.89. The minimum Gasteiger partial charge on any atom is -0.508 e. The predicted octanol–water partition coefficient (Wildman–Crippen LogP) is 6.65. The molecule has 1 heterocycles. The Hall–Kier alpha value is -3.18. The van der Waals surface area contributed by atoms with E-state index in [2.05, 4.69) is 53.1 Å². The highest BCUT2D eigenvalue weighted by molar-refractivity contribution is 5.59. The van der Waals surface area contributed by atoms with Gasteiger partial charge >= 0.3 is 0 Å². The molecule has 202 valence electrons. The van der Waals surface area contributed by atoms with E-state index in [-0.39, 0.29) is 0 Å². The van der Waals surface area contributed by atoms with Gasteiger partial charge in [-0.1, -0.05) is 37.1 Å². The summed E-state index contributed by atoms with van der Waals surface area (Å²) >= 11 is 0. The summed E-state index contributed by atoms with van der Waals surface area (Å²) < 4.78 is 6.07. The Kier molecular flexibility index (Phi) is 8.75. The second-order valence-corrected chi connectivity index (χ2v) is 10.9. The Morgan fingerprint density at radius 1 is 0.868 bits per heavy atom. The molecule has 2 N–H and O–H groups in total. The molecule has 1 saturated heterocycles. The molecule has 0 unspecified atom stereocenters. The zero-order valence-corrected chi connectivity index (χ0v) is 22.7. The fourth-order valence-electron chi connectivity index (χ4n) is 6.09. The highest BCUT2D eigenvalue weighted by Gasteiger charge is 2.24. The number of ether oxygens (including phenoxy) is 1. The van der Waals surface area contributed by atoms with Crippen LogP contribution in [0.3, 0.4) is 0 Å². The van der Waals surface area contributed by atoms with E-state index in [0.717, 1.165) is 56.9 Å². The second kappa shape index (κ2) is 12.6. The zero-order valence-electron chi connectivity index (χ0n) is 22.7. The average molecular weight is 515 g/mol. The number of rotatable bonds is 9. The lowest BCUT2D eigenvalue weighted by Gasteiger charge is -2.31. The van der Waals surface area contributed by atoms with Gasteiger partial charge in [-0.3, -0.25) is 4.90 Å². The molecular weight excluding hydrogens is 472 g/mol. The molecule has 0 amide bonds. The first-order chi connectivity index (χ1) is 18.6. The van der Waals surface area contributed by atoms with Crippen LogP contribution in [-0.2, 0) is 19.4 Å². The number of anilines is 1. The normalized spacial score (nSPS) is 18.0. The molecule has 0 bridgehead atoms. The van der Waals surface area contributed by atoms with Gasteiger partial charge in [0.25, 0.3) is 0 Å². The van der Waals surface area contributed by atoms with Crippen molar-refractivity contribution < 1.29 is 14.9 Å². The van der Waals surface area contributed by atoms with Crippen molar-refractivity contribution in [3.8, 4) is 17.2 Å². The standard InChI is InChI=1S/C33H42N2O3/c1-2-35(24-25-7-14-31(15-8-25)38-20-19-34-17-5-3-4-6-18-34)33-23-30(37)13-16-32(33)28-10-9-27-22-29(36)12-11-26(27)21-28/h7-8,11-16,22-23,28,36-37H,2-6,9-10,17-21,24H2,1H3/t28-/m0/s1. The summed E-state index contributed by atoms with van der Waals surface area (Å²) in [6.07, 6.45) is 8.28. The van der Waals surface area contributed by atoms with E-state index in [1.165, 1.54) is 61.0 Å². The molecule has 3 aromatic carbocycles. The average Bonchev–Trinajstić information content (AvgIpc) is 3.21. The van der Waals surface area contributed by atoms with E-state index in [4.69, 9.17) is 4.74 Å². The molecule has 2 aliphatic rings. The molecule has 0 spiro atoms. The summed E-state index contributed by atoms with van der Waals surface area (Å²) in [7, 11) is 0. The fraction of sp³-hybridized carbons (Fsp3) is 0.455. The number of fused-ring (bicyclic) bond motifs is 1. The molecule has 5 rings (SSSR count). The van der Waals surface area contributed by atoms with Crippen molar-refractivity contribution in [2.75, 3.05) is 37.7 Å². The molecule has 1 aliphatic heterocycles. The summed E-state index contributed by atoms with van der Waals surface area (Å²) in [5.74, 6) is 1.96. The van der Waals surface area contributed by atoms with Gasteiger partial charge in [-0.15, -0.1) is 0 Å². The van der Waals surface area contributed by atoms with Gasteiger partial charge in [0.1, 0.15) is 23.9 Å². The third-order valence-electron chi connectivity index (χ3n) is 8.27. The molecular formula is C33H42N2O3. The van der Waals surface area contributed by atoms with Crippen LogP contribution in [-0.4, -0.2) is 47.9 Å². The number of phenolic OH excluding ortho intramolecular Hbond substituents is 2. The third kappa shape index (κ3) is 6.63. The van der Waals surface area contributed by atoms with E-state index in [1.54, 1.807) is 6.07 Å². The van der Waals surface area contributed by atoms with Gasteiger partial charge in [0.05, 0.1) is 0 Å². The van der Waals surface area contributed by atoms with Gasteiger partial charge in [0, 0.05) is 31.4 Å². The molecule has 5 nitrogen and oxygen atoms in total. The molecule has 3 aromatic rings. The predicted molar refractivity (Wildman–Crippen MR) is 155 cm³/mol. The maximum atomic E-state index is 10.4. The van der Waals surface area contributed by atoms with Crippen molar-refractivity contribution >= 4 is 5.69 Å². The van der Waals surface area contributed by atoms with Crippen LogP contribution in [0.1, 0.15) is 67.2 Å². The van der Waals surface area contributed by atoms with Crippen LogP contribution < -0.4 is 9.64 Å². The van der Waals surface area contributed by atoms with E-state index in [9.17, 15) is 10.2 Å². The van der Waals surface area contributed by atoms with Crippen molar-refractivity contribution in [1.82, 2.24) is 4.90 Å². The fourth-order valence-corrected chi connectivity index (χ4v) is 6.09. The minimum absolute atomic E-state index is 0.302. The first-order valence-electron chi connectivity index (χ1n) is 14.4. The van der Waals surface area contributed by atoms with Crippen LogP contribution in [0.15, 0.2) is 60.7 Å². The Balaban J connectivity index is 1.24. The van der Waals surface area contributed by atoms with Gasteiger partial charge in [-0.2, -0.15) is 0 Å². The lowest BCUT2D eigenvalue weighted by atomic mass is 9.79. The van der Waals surface area contributed by atoms with Crippen LogP contribution in [0.5, 0.6) is 17.2 Å². The van der Waals surface area contributed by atoms with Crippen LogP contribution >= 0.6 is 0 Å². The number of phenols is 2. The van der Waals surface area contributed by atoms with E-state index >= 15 is 0 Å². The Morgan fingerprint density at radius 3 is 2.37 bits per heavy atom. The van der Waals surface area contributed by atoms with Crippen LogP contribution in [0, 0.1) is 0 Å². The third-order valence-corrected chi connectivity index (χ3v) is 8.27. The molecule has 0 saturated carbocycles. The number of nitrogens with zero attached hydrogens (tertiary/aromatic N) is 2. The molecule has 38 heavy (non-hydrogen) atoms. The SMILES string of the molecule is CCN(Cc1ccc(OCCN2CCCCCC2)cc1)c1cc(O)ccc1[C@H]1CCc2cc(O)ccc2C1. The van der Waals surface area contributed by atoms with Crippen LogP contribution in [0.2, 0.25) is 0 Å². The molecule has 1 aliphatic carbocycles. The molecule has 1 fully saturated rings. The van der Waals surface area contributed by atoms with Crippen molar-refractivity contribution in [2.45, 2.75) is 64.3 Å². The first kappa shape index (κ1) is 26.4. The number of aromatic hydroxyl groups is 2. The van der Waals surface area contributed by atoms with Crippen molar-refractivity contribution in [1.29, 1.82) is 0 Å². The van der Waals surface area contributed by atoms with Crippen molar-refractivity contribution in [3.63, 3.8) is 0 Å². The topological polar surface area (TPSA) is 56.2 Å². The van der Waals surface area contributed by atoms with Gasteiger partial charge < -0.3 is 19.8 Å². The van der Waals surface area contributed by atoms with Crippen LogP contribution in [0.25, 0.3) is 0 Å². The number of likely N-dealkylation sites (tertiary alicyclic amines) is 1. The lowest BCUT2D eigenvalue weighted by molar-refractivity contribution is 0.214. The highest BCUT2D eigenvalue weighted by Crippen LogP contribution is 2.40. The minimum atomic E-state index is 0.302. The molecule has 1 atom stereocenters. The lowest BCUT2D eigenvalue weighted by Crippen LogP contribution is -2.29. The van der Waals surface area contributed by atoms with Gasteiger partial charge in [0.15, 0.2) is 0 Å². The van der Waals surface area contributed by atoms with Crippen LogP contribution in [0.4, 0.5) is 5.69 Å². The monoisotopic (exact) mass is 514 g/mol. The number of hydrogen-bond donors (Lipinski definition) is 2. The number of aryl methyl sites for hydroxylation is 1. The van der Waals surface area contributed by atoms with E-state index in [0.29, 0.717) is 17.4 Å². The van der Waals surface area contributed by atoms with Gasteiger partial charge in [-0.05, 0) is 111 Å². The molecule has 0 radical (unpaired) electrons. The highest BCUT2D eigenvalue weighted by atomic mass is 16.5. The van der Waals surface area contributed by atoms with Gasteiger partial charge in [0.2, 0.25) is 0 Å². The zero-order chi connectivity index (χ0) is 26.3. The van der Waals surface area contributed by atoms with Gasteiger partial charge in [-0.25, -0.2) is 0 Å². The largest absolute Gasteiger partial charge is 0.508 e. The summed E-state index contributed by atoms with van der Waals surface area (Å²) in [5, 5.41) is 20.3. The Labute approximate surface area is 227 Å². The maximum absolute atomic E-state index is 10.4. The first-order valence-corrected chi connectivity index (χ1v) is 14.4. The summed E-state index contributed by atoms with van der Waals surface area (Å²) in [6.45, 7) is 7.93. The maximum Gasteiger partial charge on any atom is 0.119 e. The summed E-state index contributed by atoms with van der Waals surface area (Å²) in [5.41, 5.74) is 6.19. The number of benzene rings is 3. The second-order valence-electron chi connectivity index (χ2n) is 10.9. The Morgan fingerprint density at radius 2 is 1.61 bits per heavy atom. The summed E-state index contributed by atoms with van der Waals surface area (Å²) in [6, 6.07) is 20.1. The van der Waals surface area contributed by atoms with Crippen molar-refractivity contribution in [2.24, 2.45) is 0 Å². The molecule has 5 heteroatoms. The van der Waals surface area contributed by atoms with E-state index in [1.807, 2.05) is 18.2 Å². The quantitative estimate of drug-likeness (QED) is 0.335. The Bertz CT molecular complexity index is 1190. The smallest absolute Gasteiger partial charge is 0.119 e.